The van der Waals surface area contributed by atoms with Gasteiger partial charge in [-0.3, -0.25) is 4.90 Å². The van der Waals surface area contributed by atoms with Gasteiger partial charge < -0.3 is 14.8 Å². The molecule has 0 aliphatic carbocycles. The molecule has 1 aromatic heterocycles. The molecule has 118 valence electrons. The minimum atomic E-state index is -0.886. The van der Waals surface area contributed by atoms with Gasteiger partial charge in [-0.2, -0.15) is 0 Å². The molecule has 2 unspecified atom stereocenters. The fraction of sp³-hybridized carbons (Fsp3) is 0.471. The Morgan fingerprint density at radius 2 is 2.18 bits per heavy atom. The van der Waals surface area contributed by atoms with Crippen molar-refractivity contribution in [3.63, 3.8) is 0 Å². The number of aromatic nitrogens is 2. The van der Waals surface area contributed by atoms with E-state index >= 15 is 0 Å². The molecule has 5 nitrogen and oxygen atoms in total. The number of nitrogens with one attached hydrogen (secondary N) is 1. The Kier molecular flexibility index (Phi) is 4.18. The zero-order valence-electron chi connectivity index (χ0n) is 13.1. The van der Waals surface area contributed by atoms with E-state index in [0.29, 0.717) is 0 Å². The van der Waals surface area contributed by atoms with Crippen molar-refractivity contribution in [1.29, 1.82) is 0 Å². The maximum absolute atomic E-state index is 11.1. The number of benzene rings is 1. The molecule has 0 spiro atoms. The number of hydrogen-bond acceptors (Lipinski definition) is 4. The van der Waals surface area contributed by atoms with Crippen LogP contribution in [0, 0.1) is 0 Å². The van der Waals surface area contributed by atoms with Crippen LogP contribution in [0.25, 0.3) is 0 Å². The molecule has 0 radical (unpaired) electrons. The van der Waals surface area contributed by atoms with E-state index in [1.54, 1.807) is 13.4 Å². The number of ether oxygens (including phenoxy) is 1. The topological polar surface area (TPSA) is 61.4 Å². The van der Waals surface area contributed by atoms with E-state index in [1.165, 1.54) is 0 Å². The van der Waals surface area contributed by atoms with Gasteiger partial charge >= 0.3 is 0 Å². The lowest BCUT2D eigenvalue weighted by Gasteiger charge is -2.36. The standard InChI is InChI=1S/C17H23N3O2/c1-17(21,13-5-7-15(22-2)8-6-13)16-4-3-9-20(16)11-14-10-18-12-19-14/h5-8,10,12,16,21H,3-4,9,11H2,1-2H3,(H,18,19). The average molecular weight is 301 g/mol. The molecular weight excluding hydrogens is 278 g/mol. The van der Waals surface area contributed by atoms with Gasteiger partial charge in [0, 0.05) is 24.5 Å². The van der Waals surface area contributed by atoms with Crippen LogP contribution in [0.4, 0.5) is 0 Å². The normalized spacial score (nSPS) is 21.7. The molecule has 3 rings (SSSR count). The molecule has 2 atom stereocenters. The molecular formula is C17H23N3O2. The monoisotopic (exact) mass is 301 g/mol. The second-order valence-electron chi connectivity index (χ2n) is 6.08. The van der Waals surface area contributed by atoms with Crippen molar-refractivity contribution in [2.45, 2.75) is 38.0 Å². The third-order valence-electron chi connectivity index (χ3n) is 4.62. The molecule has 0 bridgehead atoms. The van der Waals surface area contributed by atoms with E-state index in [4.69, 9.17) is 4.74 Å². The van der Waals surface area contributed by atoms with Crippen molar-refractivity contribution in [2.75, 3.05) is 13.7 Å². The zero-order chi connectivity index (χ0) is 15.6. The van der Waals surface area contributed by atoms with Gasteiger partial charge in [-0.05, 0) is 44.0 Å². The summed E-state index contributed by atoms with van der Waals surface area (Å²) in [7, 11) is 1.65. The van der Waals surface area contributed by atoms with Gasteiger partial charge in [-0.15, -0.1) is 0 Å². The predicted octanol–water partition coefficient (Wildman–Crippen LogP) is 2.29. The van der Waals surface area contributed by atoms with E-state index in [2.05, 4.69) is 14.9 Å². The molecule has 2 heterocycles. The summed E-state index contributed by atoms with van der Waals surface area (Å²) in [4.78, 5) is 9.54. The lowest BCUT2D eigenvalue weighted by Crippen LogP contribution is -2.45. The highest BCUT2D eigenvalue weighted by Gasteiger charge is 2.40. The molecule has 2 N–H and O–H groups in total. The van der Waals surface area contributed by atoms with Crippen LogP contribution < -0.4 is 4.74 Å². The van der Waals surface area contributed by atoms with Crippen LogP contribution in [0.15, 0.2) is 36.8 Å². The van der Waals surface area contributed by atoms with E-state index in [-0.39, 0.29) is 6.04 Å². The summed E-state index contributed by atoms with van der Waals surface area (Å²) < 4.78 is 5.20. The maximum atomic E-state index is 11.1. The number of rotatable bonds is 5. The Morgan fingerprint density at radius 3 is 2.82 bits per heavy atom. The molecule has 1 fully saturated rings. The third-order valence-corrected chi connectivity index (χ3v) is 4.62. The summed E-state index contributed by atoms with van der Waals surface area (Å²) in [6, 6.07) is 7.80. The Labute approximate surface area is 130 Å². The number of nitrogens with zero attached hydrogens (tertiary/aromatic N) is 2. The van der Waals surface area contributed by atoms with Gasteiger partial charge in [0.2, 0.25) is 0 Å². The Bertz CT molecular complexity index is 593. The van der Waals surface area contributed by atoms with E-state index in [1.807, 2.05) is 37.4 Å². The summed E-state index contributed by atoms with van der Waals surface area (Å²) in [5.74, 6) is 0.806. The average Bonchev–Trinajstić information content (AvgIpc) is 3.20. The third kappa shape index (κ3) is 2.87. The van der Waals surface area contributed by atoms with Gasteiger partial charge in [-0.25, -0.2) is 4.98 Å². The molecule has 2 aromatic rings. The van der Waals surface area contributed by atoms with Crippen molar-refractivity contribution in [3.8, 4) is 5.75 Å². The predicted molar refractivity (Wildman–Crippen MR) is 84.6 cm³/mol. The van der Waals surface area contributed by atoms with Crippen molar-refractivity contribution in [1.82, 2.24) is 14.9 Å². The molecule has 22 heavy (non-hydrogen) atoms. The number of imidazole rings is 1. The van der Waals surface area contributed by atoms with Crippen LogP contribution in [0.3, 0.4) is 0 Å². The summed E-state index contributed by atoms with van der Waals surface area (Å²) in [5, 5.41) is 11.1. The molecule has 0 amide bonds. The summed E-state index contributed by atoms with van der Waals surface area (Å²) >= 11 is 0. The van der Waals surface area contributed by atoms with Crippen molar-refractivity contribution >= 4 is 0 Å². The summed E-state index contributed by atoms with van der Waals surface area (Å²) in [5.41, 5.74) is 1.12. The molecule has 1 saturated heterocycles. The fourth-order valence-electron chi connectivity index (χ4n) is 3.36. The Balaban J connectivity index is 1.79. The first-order valence-corrected chi connectivity index (χ1v) is 7.69. The van der Waals surface area contributed by atoms with Crippen molar-refractivity contribution in [3.05, 3.63) is 48.0 Å². The van der Waals surface area contributed by atoms with Crippen molar-refractivity contribution < 1.29 is 9.84 Å². The van der Waals surface area contributed by atoms with Crippen molar-refractivity contribution in [2.24, 2.45) is 0 Å². The van der Waals surface area contributed by atoms with Crippen LogP contribution in [-0.4, -0.2) is 39.7 Å². The number of methoxy groups -OCH3 is 1. The van der Waals surface area contributed by atoms with E-state index in [0.717, 1.165) is 42.9 Å². The number of aromatic amines is 1. The van der Waals surface area contributed by atoms with Crippen LogP contribution in [0.5, 0.6) is 5.75 Å². The molecule has 1 aliphatic heterocycles. The second-order valence-corrected chi connectivity index (χ2v) is 6.08. The van der Waals surface area contributed by atoms with Crippen LogP contribution in [0.2, 0.25) is 0 Å². The van der Waals surface area contributed by atoms with Crippen LogP contribution in [0.1, 0.15) is 31.0 Å². The zero-order valence-corrected chi connectivity index (χ0v) is 13.1. The minimum absolute atomic E-state index is 0.101. The molecule has 1 aromatic carbocycles. The number of likely N-dealkylation sites (tertiary alicyclic amines) is 1. The molecule has 5 heteroatoms. The smallest absolute Gasteiger partial charge is 0.118 e. The Morgan fingerprint density at radius 1 is 1.41 bits per heavy atom. The molecule has 0 saturated carbocycles. The van der Waals surface area contributed by atoms with Gasteiger partial charge in [0.15, 0.2) is 0 Å². The van der Waals surface area contributed by atoms with Crippen LogP contribution in [-0.2, 0) is 12.1 Å². The summed E-state index contributed by atoms with van der Waals surface area (Å²) in [6.45, 7) is 3.69. The highest BCUT2D eigenvalue weighted by atomic mass is 16.5. The summed E-state index contributed by atoms with van der Waals surface area (Å²) in [6.07, 6.45) is 5.64. The fourth-order valence-corrected chi connectivity index (χ4v) is 3.36. The van der Waals surface area contributed by atoms with Gasteiger partial charge in [-0.1, -0.05) is 12.1 Å². The first-order valence-electron chi connectivity index (χ1n) is 7.69. The largest absolute Gasteiger partial charge is 0.497 e. The Hall–Kier alpha value is -1.85. The quantitative estimate of drug-likeness (QED) is 0.889. The first kappa shape index (κ1) is 15.1. The van der Waals surface area contributed by atoms with E-state index < -0.39 is 5.60 Å². The highest BCUT2D eigenvalue weighted by Crippen LogP contribution is 2.35. The van der Waals surface area contributed by atoms with Gasteiger partial charge in [0.25, 0.3) is 0 Å². The number of aliphatic hydroxyl groups is 1. The van der Waals surface area contributed by atoms with Gasteiger partial charge in [0.1, 0.15) is 11.4 Å². The number of hydrogen-bond donors (Lipinski definition) is 2. The van der Waals surface area contributed by atoms with Crippen LogP contribution >= 0.6 is 0 Å². The lowest BCUT2D eigenvalue weighted by molar-refractivity contribution is -0.0257. The lowest BCUT2D eigenvalue weighted by atomic mass is 9.86. The first-order chi connectivity index (χ1) is 10.6. The van der Waals surface area contributed by atoms with Gasteiger partial charge in [0.05, 0.1) is 13.4 Å². The number of H-pyrrole nitrogens is 1. The highest BCUT2D eigenvalue weighted by molar-refractivity contribution is 5.31. The molecule has 1 aliphatic rings. The minimum Gasteiger partial charge on any atom is -0.497 e. The SMILES string of the molecule is COc1ccc(C(C)(O)C2CCCN2Cc2cnc[nH]2)cc1. The second kappa shape index (κ2) is 6.10. The maximum Gasteiger partial charge on any atom is 0.118 e. The van der Waals surface area contributed by atoms with E-state index in [9.17, 15) is 5.11 Å².